The quantitative estimate of drug-likeness (QED) is 0.788. The molecule has 1 aliphatic heterocycles. The van der Waals surface area contributed by atoms with Gasteiger partial charge in [-0.2, -0.15) is 0 Å². The Morgan fingerprint density at radius 2 is 1.95 bits per heavy atom. The lowest BCUT2D eigenvalue weighted by Gasteiger charge is -2.31. The number of hydrogen-bond donors (Lipinski definition) is 2. The molecule has 0 aromatic carbocycles. The van der Waals surface area contributed by atoms with E-state index >= 15 is 0 Å². The van der Waals surface area contributed by atoms with E-state index < -0.39 is 0 Å². The van der Waals surface area contributed by atoms with Gasteiger partial charge in [0, 0.05) is 25.0 Å². The van der Waals surface area contributed by atoms with Crippen LogP contribution in [-0.4, -0.2) is 43.0 Å². The molecule has 1 saturated carbocycles. The van der Waals surface area contributed by atoms with Crippen LogP contribution in [0, 0.1) is 17.8 Å². The van der Waals surface area contributed by atoms with Gasteiger partial charge in [-0.15, -0.1) is 0 Å². The molecule has 1 aliphatic carbocycles. The van der Waals surface area contributed by atoms with Gasteiger partial charge < -0.3 is 16.0 Å². The van der Waals surface area contributed by atoms with Crippen LogP contribution in [0.3, 0.4) is 0 Å². The summed E-state index contributed by atoms with van der Waals surface area (Å²) in [5.74, 6) is 1.34. The molecule has 2 rings (SSSR count). The smallest absolute Gasteiger partial charge is 0.223 e. The van der Waals surface area contributed by atoms with Crippen LogP contribution in [0.4, 0.5) is 0 Å². The van der Waals surface area contributed by atoms with Gasteiger partial charge in [0.1, 0.15) is 0 Å². The van der Waals surface area contributed by atoms with Crippen molar-refractivity contribution < 1.29 is 4.79 Å². The van der Waals surface area contributed by atoms with E-state index in [9.17, 15) is 4.79 Å². The molecule has 0 radical (unpaired) electrons. The summed E-state index contributed by atoms with van der Waals surface area (Å²) in [5, 5.41) is 3.16. The van der Waals surface area contributed by atoms with Crippen molar-refractivity contribution >= 4 is 5.91 Å². The summed E-state index contributed by atoms with van der Waals surface area (Å²) in [6, 6.07) is 0.299. The van der Waals surface area contributed by atoms with E-state index in [0.29, 0.717) is 17.9 Å². The molecule has 1 saturated heterocycles. The van der Waals surface area contributed by atoms with E-state index in [1.54, 1.807) is 0 Å². The Labute approximate surface area is 129 Å². The van der Waals surface area contributed by atoms with Crippen molar-refractivity contribution in [3.05, 3.63) is 0 Å². The topological polar surface area (TPSA) is 58.4 Å². The lowest BCUT2D eigenvalue weighted by Crippen LogP contribution is -2.40. The third-order valence-corrected chi connectivity index (χ3v) is 5.27. The molecule has 0 aromatic heterocycles. The fraction of sp³-hybridized carbons (Fsp3) is 0.941. The lowest BCUT2D eigenvalue weighted by atomic mass is 9.78. The minimum atomic E-state index is 0.107. The highest BCUT2D eigenvalue weighted by atomic mass is 16.1. The van der Waals surface area contributed by atoms with Gasteiger partial charge in [-0.05, 0) is 57.0 Å². The summed E-state index contributed by atoms with van der Waals surface area (Å²) in [6.07, 6.45) is 7.13. The molecule has 0 bridgehead atoms. The van der Waals surface area contributed by atoms with Crippen LogP contribution >= 0.6 is 0 Å². The van der Waals surface area contributed by atoms with Gasteiger partial charge in [0.15, 0.2) is 0 Å². The summed E-state index contributed by atoms with van der Waals surface area (Å²) in [6.45, 7) is 8.69. The van der Waals surface area contributed by atoms with Crippen molar-refractivity contribution in [2.75, 3.05) is 26.2 Å². The van der Waals surface area contributed by atoms with Crippen LogP contribution in [0.5, 0.6) is 0 Å². The number of amides is 1. The monoisotopic (exact) mass is 295 g/mol. The highest BCUT2D eigenvalue weighted by molar-refractivity contribution is 5.78. The Bertz CT molecular complexity index is 328. The molecule has 1 amide bonds. The molecule has 0 spiro atoms. The lowest BCUT2D eigenvalue weighted by molar-refractivity contribution is -0.126. The summed E-state index contributed by atoms with van der Waals surface area (Å²) < 4.78 is 0. The molecule has 21 heavy (non-hydrogen) atoms. The first-order chi connectivity index (χ1) is 10.1. The standard InChI is InChI=1S/C17H33N3O/c1-13(12-20-8-3-4-9-20)11-19-17(21)14(2)15-6-5-7-16(18)10-15/h13-16H,3-12,18H2,1-2H3,(H,19,21). The van der Waals surface area contributed by atoms with Crippen LogP contribution in [0.25, 0.3) is 0 Å². The molecule has 3 N–H and O–H groups in total. The maximum atomic E-state index is 12.3. The number of nitrogens with zero attached hydrogens (tertiary/aromatic N) is 1. The SMILES string of the molecule is CC(CNC(=O)C(C)C1CCCC(N)C1)CN1CCCC1. The fourth-order valence-corrected chi connectivity index (χ4v) is 3.84. The van der Waals surface area contributed by atoms with Crippen molar-refractivity contribution in [1.29, 1.82) is 0 Å². The van der Waals surface area contributed by atoms with Gasteiger partial charge in [-0.1, -0.05) is 20.3 Å². The number of carbonyl (C=O) groups excluding carboxylic acids is 1. The molecule has 4 heteroatoms. The van der Waals surface area contributed by atoms with Crippen LogP contribution < -0.4 is 11.1 Å². The van der Waals surface area contributed by atoms with E-state index in [2.05, 4.69) is 24.1 Å². The van der Waals surface area contributed by atoms with Crippen LogP contribution in [0.15, 0.2) is 0 Å². The normalized spacial score (nSPS) is 30.0. The molecular weight excluding hydrogens is 262 g/mol. The van der Waals surface area contributed by atoms with E-state index in [0.717, 1.165) is 32.4 Å². The number of likely N-dealkylation sites (tertiary alicyclic amines) is 1. The molecular formula is C17H33N3O. The van der Waals surface area contributed by atoms with Crippen molar-refractivity contribution in [1.82, 2.24) is 10.2 Å². The van der Waals surface area contributed by atoms with Gasteiger partial charge in [-0.25, -0.2) is 0 Å². The maximum absolute atomic E-state index is 12.3. The number of rotatable bonds is 6. The van der Waals surface area contributed by atoms with Crippen molar-refractivity contribution in [2.45, 2.75) is 58.4 Å². The fourth-order valence-electron chi connectivity index (χ4n) is 3.84. The molecule has 2 aliphatic rings. The third kappa shape index (κ3) is 5.26. The zero-order valence-corrected chi connectivity index (χ0v) is 13.8. The Kier molecular flexibility index (Phi) is 6.49. The highest BCUT2D eigenvalue weighted by Gasteiger charge is 2.28. The van der Waals surface area contributed by atoms with E-state index in [1.165, 1.54) is 32.4 Å². The first-order valence-corrected chi connectivity index (χ1v) is 8.82. The van der Waals surface area contributed by atoms with E-state index in [-0.39, 0.29) is 11.8 Å². The van der Waals surface area contributed by atoms with Gasteiger partial charge in [0.25, 0.3) is 0 Å². The number of hydrogen-bond acceptors (Lipinski definition) is 3. The van der Waals surface area contributed by atoms with Crippen molar-refractivity contribution in [3.63, 3.8) is 0 Å². The first kappa shape index (κ1) is 16.8. The number of nitrogens with two attached hydrogens (primary N) is 1. The number of nitrogens with one attached hydrogen (secondary N) is 1. The van der Waals surface area contributed by atoms with E-state index in [4.69, 9.17) is 5.73 Å². The minimum absolute atomic E-state index is 0.107. The summed E-state index contributed by atoms with van der Waals surface area (Å²) in [4.78, 5) is 14.8. The molecule has 1 heterocycles. The Morgan fingerprint density at radius 1 is 1.24 bits per heavy atom. The van der Waals surface area contributed by atoms with Crippen molar-refractivity contribution in [2.24, 2.45) is 23.5 Å². The average molecular weight is 295 g/mol. The Balaban J connectivity index is 1.67. The minimum Gasteiger partial charge on any atom is -0.356 e. The zero-order chi connectivity index (χ0) is 15.2. The molecule has 2 fully saturated rings. The molecule has 4 atom stereocenters. The summed E-state index contributed by atoms with van der Waals surface area (Å²) >= 11 is 0. The maximum Gasteiger partial charge on any atom is 0.223 e. The first-order valence-electron chi connectivity index (χ1n) is 8.82. The molecule has 4 nitrogen and oxygen atoms in total. The molecule has 0 aromatic rings. The van der Waals surface area contributed by atoms with E-state index in [1.807, 2.05) is 0 Å². The molecule has 4 unspecified atom stereocenters. The number of carbonyl (C=O) groups is 1. The molecule has 122 valence electrons. The van der Waals surface area contributed by atoms with Crippen LogP contribution in [0.1, 0.15) is 52.4 Å². The largest absolute Gasteiger partial charge is 0.356 e. The summed E-state index contributed by atoms with van der Waals surface area (Å²) in [7, 11) is 0. The Hall–Kier alpha value is -0.610. The average Bonchev–Trinajstić information content (AvgIpc) is 2.96. The predicted molar refractivity (Wildman–Crippen MR) is 86.9 cm³/mol. The van der Waals surface area contributed by atoms with Gasteiger partial charge in [-0.3, -0.25) is 4.79 Å². The predicted octanol–water partition coefficient (Wildman–Crippen LogP) is 1.99. The van der Waals surface area contributed by atoms with Gasteiger partial charge in [0.05, 0.1) is 0 Å². The second kappa shape index (κ2) is 8.14. The van der Waals surface area contributed by atoms with Crippen molar-refractivity contribution in [3.8, 4) is 0 Å². The zero-order valence-electron chi connectivity index (χ0n) is 13.8. The third-order valence-electron chi connectivity index (χ3n) is 5.27. The second-order valence-corrected chi connectivity index (χ2v) is 7.33. The van der Waals surface area contributed by atoms with Gasteiger partial charge in [0.2, 0.25) is 5.91 Å². The van der Waals surface area contributed by atoms with Crippen LogP contribution in [0.2, 0.25) is 0 Å². The Morgan fingerprint density at radius 3 is 2.62 bits per heavy atom. The summed E-state index contributed by atoms with van der Waals surface area (Å²) in [5.41, 5.74) is 6.04. The van der Waals surface area contributed by atoms with Crippen LogP contribution in [-0.2, 0) is 4.79 Å². The second-order valence-electron chi connectivity index (χ2n) is 7.33. The van der Waals surface area contributed by atoms with Gasteiger partial charge >= 0.3 is 0 Å². The highest BCUT2D eigenvalue weighted by Crippen LogP contribution is 2.29.